The van der Waals surface area contributed by atoms with E-state index in [0.29, 0.717) is 45.8 Å². The van der Waals surface area contributed by atoms with E-state index in [1.807, 2.05) is 44.2 Å². The minimum atomic E-state index is -0.379. The molecular weight excluding hydrogens is 543 g/mol. The van der Waals surface area contributed by atoms with Gasteiger partial charge in [-0.05, 0) is 67.7 Å². The van der Waals surface area contributed by atoms with Gasteiger partial charge in [-0.2, -0.15) is 9.47 Å². The lowest BCUT2D eigenvalue weighted by molar-refractivity contribution is 0.227. The number of nitrogens with two attached hydrogens (primary N) is 1. The minimum Gasteiger partial charge on any atom is -0.486 e. The molecule has 38 heavy (non-hydrogen) atoms. The summed E-state index contributed by atoms with van der Waals surface area (Å²) in [6, 6.07) is 9.58. The van der Waals surface area contributed by atoms with Gasteiger partial charge in [-0.1, -0.05) is 23.2 Å². The van der Waals surface area contributed by atoms with Crippen LogP contribution >= 0.6 is 34.7 Å². The number of pyridine rings is 1. The fourth-order valence-corrected chi connectivity index (χ4v) is 6.19. The lowest BCUT2D eigenvalue weighted by Gasteiger charge is -2.48. The zero-order valence-corrected chi connectivity index (χ0v) is 23.0. The van der Waals surface area contributed by atoms with Crippen LogP contribution in [0.25, 0.3) is 22.3 Å². The van der Waals surface area contributed by atoms with Crippen LogP contribution in [0, 0.1) is 6.92 Å². The topological polar surface area (TPSA) is 119 Å². The van der Waals surface area contributed by atoms with Crippen LogP contribution < -0.4 is 15.4 Å². The summed E-state index contributed by atoms with van der Waals surface area (Å²) in [5.74, 6) is 1.44. The van der Waals surface area contributed by atoms with Gasteiger partial charge in [-0.25, -0.2) is 0 Å². The van der Waals surface area contributed by atoms with E-state index in [4.69, 9.17) is 33.7 Å². The molecule has 0 saturated carbocycles. The first-order valence-corrected chi connectivity index (χ1v) is 13.6. The van der Waals surface area contributed by atoms with Gasteiger partial charge in [0.2, 0.25) is 0 Å². The number of nitrogens with zero attached hydrogens (tertiary/aromatic N) is 6. The molecule has 0 radical (unpaired) electrons. The van der Waals surface area contributed by atoms with Crippen LogP contribution in [-0.2, 0) is 6.42 Å². The number of halogens is 2. The van der Waals surface area contributed by atoms with E-state index < -0.39 is 0 Å². The Labute approximate surface area is 233 Å². The highest BCUT2D eigenvalue weighted by Crippen LogP contribution is 2.35. The lowest BCUT2D eigenvalue weighted by Crippen LogP contribution is -2.69. The van der Waals surface area contributed by atoms with Crippen molar-refractivity contribution in [3.05, 3.63) is 75.0 Å². The van der Waals surface area contributed by atoms with E-state index in [9.17, 15) is 0 Å². The van der Waals surface area contributed by atoms with E-state index >= 15 is 0 Å². The van der Waals surface area contributed by atoms with Crippen LogP contribution in [0.3, 0.4) is 0 Å². The second-order valence-electron chi connectivity index (χ2n) is 9.65. The molecule has 12 heteroatoms. The van der Waals surface area contributed by atoms with Gasteiger partial charge in [0.25, 0.3) is 0 Å². The van der Waals surface area contributed by atoms with E-state index in [2.05, 4.69) is 40.0 Å². The number of hydrogen-bond acceptors (Lipinski definition) is 9. The van der Waals surface area contributed by atoms with E-state index in [1.165, 1.54) is 17.1 Å². The molecule has 0 aliphatic carbocycles. The summed E-state index contributed by atoms with van der Waals surface area (Å²) in [6.07, 6.45) is 3.53. The Morgan fingerprint density at radius 2 is 1.95 bits per heavy atom. The molecule has 9 nitrogen and oxygen atoms in total. The van der Waals surface area contributed by atoms with E-state index in [1.54, 1.807) is 12.4 Å². The Bertz CT molecular complexity index is 1590. The quantitative estimate of drug-likeness (QED) is 0.269. The number of aromatic amines is 1. The zero-order chi connectivity index (χ0) is 26.4. The van der Waals surface area contributed by atoms with Crippen LogP contribution in [0.2, 0.25) is 10.0 Å². The molecule has 4 aromatic heterocycles. The number of aryl methyl sites for hydroxylation is 1. The van der Waals surface area contributed by atoms with E-state index in [0.717, 1.165) is 28.8 Å². The van der Waals surface area contributed by atoms with Crippen molar-refractivity contribution in [2.45, 2.75) is 31.9 Å². The molecule has 1 saturated heterocycles. The molecule has 3 N–H and O–H groups in total. The molecule has 0 bridgehead atoms. The van der Waals surface area contributed by atoms with Gasteiger partial charge in [-0.3, -0.25) is 10.1 Å². The third-order valence-corrected chi connectivity index (χ3v) is 8.14. The van der Waals surface area contributed by atoms with Crippen molar-refractivity contribution in [1.82, 2.24) is 29.8 Å². The summed E-state index contributed by atoms with van der Waals surface area (Å²) in [5.41, 5.74) is 11.5. The molecule has 0 amide bonds. The summed E-state index contributed by atoms with van der Waals surface area (Å²) in [6.45, 7) is 5.34. The number of fused-ring (bicyclic) bond motifs is 1. The van der Waals surface area contributed by atoms with Crippen LogP contribution in [0.5, 0.6) is 5.75 Å². The van der Waals surface area contributed by atoms with Gasteiger partial charge in [0.15, 0.2) is 5.82 Å². The van der Waals surface area contributed by atoms with Gasteiger partial charge in [0, 0.05) is 41.8 Å². The zero-order valence-electron chi connectivity index (χ0n) is 20.7. The third-order valence-electron chi connectivity index (χ3n) is 6.76. The highest BCUT2D eigenvalue weighted by Gasteiger charge is 2.40. The van der Waals surface area contributed by atoms with E-state index in [-0.39, 0.29) is 11.6 Å². The highest BCUT2D eigenvalue weighted by molar-refractivity contribution is 7.03. The molecule has 5 heterocycles. The molecule has 6 rings (SSSR count). The summed E-state index contributed by atoms with van der Waals surface area (Å²) in [5, 5.41) is 20.3. The number of hydrogen-bond donors (Lipinski definition) is 2. The second kappa shape index (κ2) is 9.77. The fourth-order valence-electron chi connectivity index (χ4n) is 4.80. The standard InChI is InChI=1S/C26H24Cl2N8OS/c1-14-16(11-38-35-14)8-26(29)12-36(13-26)23-6-5-22(32-33-23)25-18-7-17(3-4-21(18)31-34-25)37-15(2)24-19(27)9-30-10-20(24)28/h3-7,9-11,15H,8,12-13,29H2,1-2H3,(H,31,34)/t15-/m1/s1. The Morgan fingerprint density at radius 3 is 2.63 bits per heavy atom. The second-order valence-corrected chi connectivity index (χ2v) is 11.1. The number of aromatic nitrogens is 6. The molecule has 1 fully saturated rings. The Morgan fingerprint density at radius 1 is 1.16 bits per heavy atom. The SMILES string of the molecule is Cc1nscc1CC1(N)CN(c2ccc(-c3n[nH]c4ccc(O[C@H](C)c5c(Cl)cncc5Cl)cc34)nn2)C1. The first-order valence-electron chi connectivity index (χ1n) is 12.0. The van der Waals surface area contributed by atoms with Crippen molar-refractivity contribution in [3.8, 4) is 17.1 Å². The van der Waals surface area contributed by atoms with Crippen LogP contribution in [0.4, 0.5) is 5.82 Å². The number of H-pyrrole nitrogens is 1. The van der Waals surface area contributed by atoms with Crippen molar-refractivity contribution in [1.29, 1.82) is 0 Å². The van der Waals surface area contributed by atoms with Gasteiger partial charge < -0.3 is 15.4 Å². The predicted octanol–water partition coefficient (Wildman–Crippen LogP) is 5.39. The summed E-state index contributed by atoms with van der Waals surface area (Å²) < 4.78 is 10.5. The number of anilines is 1. The summed E-state index contributed by atoms with van der Waals surface area (Å²) in [7, 11) is 0. The molecule has 0 spiro atoms. The molecule has 1 aliphatic rings. The minimum absolute atomic E-state index is 0.287. The Hall–Kier alpha value is -3.31. The molecule has 5 aromatic rings. The number of ether oxygens (including phenoxy) is 1. The Balaban J connectivity index is 1.18. The summed E-state index contributed by atoms with van der Waals surface area (Å²) >= 11 is 14.1. The number of benzene rings is 1. The van der Waals surface area contributed by atoms with Gasteiger partial charge >= 0.3 is 0 Å². The van der Waals surface area contributed by atoms with Crippen LogP contribution in [0.1, 0.15) is 29.8 Å². The maximum Gasteiger partial charge on any atom is 0.151 e. The van der Waals surface area contributed by atoms with Crippen molar-refractivity contribution < 1.29 is 4.74 Å². The molecule has 0 unspecified atom stereocenters. The van der Waals surface area contributed by atoms with Crippen molar-refractivity contribution >= 4 is 51.5 Å². The molecule has 1 aliphatic heterocycles. The van der Waals surface area contributed by atoms with Crippen LogP contribution in [0.15, 0.2) is 48.1 Å². The fraction of sp³-hybridized carbons (Fsp3) is 0.269. The molecule has 1 atom stereocenters. The molecule has 194 valence electrons. The first-order chi connectivity index (χ1) is 18.3. The largest absolute Gasteiger partial charge is 0.486 e. The average molecular weight is 568 g/mol. The third kappa shape index (κ3) is 4.69. The maximum atomic E-state index is 6.61. The van der Waals surface area contributed by atoms with Gasteiger partial charge in [0.05, 0.1) is 26.8 Å². The first kappa shape index (κ1) is 25.0. The normalized spacial score (nSPS) is 15.4. The molecule has 1 aromatic carbocycles. The van der Waals surface area contributed by atoms with Gasteiger partial charge in [0.1, 0.15) is 23.2 Å². The van der Waals surface area contributed by atoms with Crippen molar-refractivity contribution in [3.63, 3.8) is 0 Å². The van der Waals surface area contributed by atoms with Crippen LogP contribution in [-0.4, -0.2) is 48.4 Å². The summed E-state index contributed by atoms with van der Waals surface area (Å²) in [4.78, 5) is 6.14. The lowest BCUT2D eigenvalue weighted by atomic mass is 9.84. The van der Waals surface area contributed by atoms with Gasteiger partial charge in [-0.15, -0.1) is 10.2 Å². The Kier molecular flexibility index (Phi) is 6.43. The molecular formula is C26H24Cl2N8OS. The number of nitrogens with one attached hydrogen (secondary N) is 1. The average Bonchev–Trinajstić information content (AvgIpc) is 3.48. The smallest absolute Gasteiger partial charge is 0.151 e. The maximum absolute atomic E-state index is 6.61. The van der Waals surface area contributed by atoms with Crippen molar-refractivity contribution in [2.24, 2.45) is 5.73 Å². The predicted molar refractivity (Wildman–Crippen MR) is 150 cm³/mol. The number of rotatable bonds is 7. The monoisotopic (exact) mass is 566 g/mol. The van der Waals surface area contributed by atoms with Crippen molar-refractivity contribution in [2.75, 3.05) is 18.0 Å². The highest BCUT2D eigenvalue weighted by atomic mass is 35.5.